The standard InChI is InChI=1S/C25H27N3O5/c1-16(2)12-21(28-11-4-3-8-23(28)30)25(33)27-20(14-24(31)32)18-7-5-6-17(13-18)19-9-10-22(29)26-15-19/h3-11,13,15-16,20-21H,12,14H2,1-2H3,(H,26,29)(H,27,33)(H,31,32)/t20-,21-/m0/s1. The van der Waals surface area contributed by atoms with Crippen molar-refractivity contribution in [1.29, 1.82) is 0 Å². The van der Waals surface area contributed by atoms with Crippen molar-refractivity contribution in [2.24, 2.45) is 5.92 Å². The van der Waals surface area contributed by atoms with E-state index in [9.17, 15) is 24.3 Å². The van der Waals surface area contributed by atoms with Gasteiger partial charge >= 0.3 is 5.97 Å². The van der Waals surface area contributed by atoms with Crippen LogP contribution in [0.15, 0.2) is 76.6 Å². The highest BCUT2D eigenvalue weighted by Crippen LogP contribution is 2.25. The summed E-state index contributed by atoms with van der Waals surface area (Å²) in [5, 5.41) is 12.3. The number of aromatic amines is 1. The van der Waals surface area contributed by atoms with Gasteiger partial charge in [-0.25, -0.2) is 0 Å². The number of H-pyrrole nitrogens is 1. The lowest BCUT2D eigenvalue weighted by atomic mass is 9.97. The molecule has 33 heavy (non-hydrogen) atoms. The average molecular weight is 450 g/mol. The van der Waals surface area contributed by atoms with Crippen LogP contribution in [0.5, 0.6) is 0 Å². The molecule has 3 aromatic rings. The first-order chi connectivity index (χ1) is 15.7. The maximum absolute atomic E-state index is 13.3. The second-order valence-electron chi connectivity index (χ2n) is 8.32. The van der Waals surface area contributed by atoms with Gasteiger partial charge in [0.1, 0.15) is 6.04 Å². The Kier molecular flexibility index (Phi) is 7.61. The molecule has 0 saturated carbocycles. The molecule has 2 atom stereocenters. The van der Waals surface area contributed by atoms with E-state index < -0.39 is 24.0 Å². The Labute approximate surface area is 190 Å². The third-order valence-corrected chi connectivity index (χ3v) is 5.29. The predicted molar refractivity (Wildman–Crippen MR) is 125 cm³/mol. The van der Waals surface area contributed by atoms with E-state index >= 15 is 0 Å². The van der Waals surface area contributed by atoms with Crippen molar-refractivity contribution in [1.82, 2.24) is 14.9 Å². The van der Waals surface area contributed by atoms with E-state index in [1.165, 1.54) is 16.7 Å². The zero-order valence-corrected chi connectivity index (χ0v) is 18.5. The minimum atomic E-state index is -1.06. The highest BCUT2D eigenvalue weighted by atomic mass is 16.4. The SMILES string of the molecule is CC(C)C[C@@H](C(=O)N[C@@H](CC(=O)O)c1cccc(-c2ccc(=O)[nH]c2)c1)n1ccccc1=O. The van der Waals surface area contributed by atoms with Crippen molar-refractivity contribution < 1.29 is 14.7 Å². The molecule has 172 valence electrons. The normalized spacial score (nSPS) is 12.8. The van der Waals surface area contributed by atoms with E-state index in [0.717, 1.165) is 11.1 Å². The quantitative estimate of drug-likeness (QED) is 0.463. The van der Waals surface area contributed by atoms with Crippen LogP contribution in [0.3, 0.4) is 0 Å². The number of aromatic nitrogens is 2. The van der Waals surface area contributed by atoms with E-state index in [1.807, 2.05) is 19.9 Å². The van der Waals surface area contributed by atoms with Crippen LogP contribution < -0.4 is 16.4 Å². The van der Waals surface area contributed by atoms with Crippen LogP contribution in [0, 0.1) is 5.92 Å². The molecule has 0 radical (unpaired) electrons. The number of hydrogen-bond acceptors (Lipinski definition) is 4. The van der Waals surface area contributed by atoms with Crippen LogP contribution >= 0.6 is 0 Å². The van der Waals surface area contributed by atoms with E-state index in [4.69, 9.17) is 0 Å². The zero-order chi connectivity index (χ0) is 24.0. The Hall–Kier alpha value is -3.94. The van der Waals surface area contributed by atoms with Crippen molar-refractivity contribution in [2.45, 2.75) is 38.8 Å². The lowest BCUT2D eigenvalue weighted by Gasteiger charge is -2.25. The number of carboxylic acid groups (broad SMARTS) is 1. The van der Waals surface area contributed by atoms with Gasteiger partial charge < -0.3 is 20.0 Å². The summed E-state index contributed by atoms with van der Waals surface area (Å²) in [6.07, 6.45) is 3.25. The fourth-order valence-corrected chi connectivity index (χ4v) is 3.71. The summed E-state index contributed by atoms with van der Waals surface area (Å²) in [4.78, 5) is 51.2. The number of carbonyl (C=O) groups excluding carboxylic acids is 1. The van der Waals surface area contributed by atoms with Crippen LogP contribution in [0.25, 0.3) is 11.1 Å². The molecule has 0 spiro atoms. The molecule has 0 bridgehead atoms. The number of pyridine rings is 2. The van der Waals surface area contributed by atoms with Gasteiger partial charge in [0.05, 0.1) is 12.5 Å². The summed E-state index contributed by atoms with van der Waals surface area (Å²) in [5.74, 6) is -1.35. The Morgan fingerprint density at radius 2 is 1.82 bits per heavy atom. The van der Waals surface area contributed by atoms with Gasteiger partial charge in [0.2, 0.25) is 11.5 Å². The second kappa shape index (κ2) is 10.6. The van der Waals surface area contributed by atoms with Gasteiger partial charge in [-0.15, -0.1) is 0 Å². The van der Waals surface area contributed by atoms with Gasteiger partial charge in [0.25, 0.3) is 5.56 Å². The number of rotatable bonds is 9. The summed E-state index contributed by atoms with van der Waals surface area (Å²) in [7, 11) is 0. The number of nitrogens with one attached hydrogen (secondary N) is 2. The molecular formula is C25H27N3O5. The number of carboxylic acids is 1. The predicted octanol–water partition coefficient (Wildman–Crippen LogP) is 3.12. The molecule has 1 amide bonds. The monoisotopic (exact) mass is 449 g/mol. The van der Waals surface area contributed by atoms with Gasteiger partial charge in [0, 0.05) is 24.5 Å². The van der Waals surface area contributed by atoms with E-state index in [1.54, 1.807) is 48.8 Å². The minimum Gasteiger partial charge on any atom is -0.481 e. The van der Waals surface area contributed by atoms with E-state index in [2.05, 4.69) is 10.3 Å². The van der Waals surface area contributed by atoms with Gasteiger partial charge in [-0.3, -0.25) is 19.2 Å². The fourth-order valence-electron chi connectivity index (χ4n) is 3.71. The lowest BCUT2D eigenvalue weighted by Crippen LogP contribution is -2.39. The molecule has 3 rings (SSSR count). The van der Waals surface area contributed by atoms with Gasteiger partial charge in [-0.2, -0.15) is 0 Å². The maximum atomic E-state index is 13.3. The van der Waals surface area contributed by atoms with Crippen molar-refractivity contribution in [3.8, 4) is 11.1 Å². The first-order valence-corrected chi connectivity index (χ1v) is 10.7. The molecule has 0 aliphatic heterocycles. The molecule has 8 heteroatoms. The topological polar surface area (TPSA) is 121 Å². The summed E-state index contributed by atoms with van der Waals surface area (Å²) in [5.41, 5.74) is 1.61. The molecular weight excluding hydrogens is 422 g/mol. The van der Waals surface area contributed by atoms with E-state index in [-0.39, 0.29) is 23.5 Å². The number of benzene rings is 1. The summed E-state index contributed by atoms with van der Waals surface area (Å²) in [6, 6.07) is 13.3. The molecule has 2 aromatic heterocycles. The van der Waals surface area contributed by atoms with Gasteiger partial charge in [0.15, 0.2) is 0 Å². The zero-order valence-electron chi connectivity index (χ0n) is 18.5. The highest BCUT2D eigenvalue weighted by Gasteiger charge is 2.26. The number of carbonyl (C=O) groups is 2. The molecule has 0 saturated heterocycles. The Morgan fingerprint density at radius 1 is 1.03 bits per heavy atom. The molecule has 8 nitrogen and oxygen atoms in total. The van der Waals surface area contributed by atoms with Crippen molar-refractivity contribution >= 4 is 11.9 Å². The Balaban J connectivity index is 1.93. The van der Waals surface area contributed by atoms with Crippen LogP contribution in [0.4, 0.5) is 0 Å². The van der Waals surface area contributed by atoms with Gasteiger partial charge in [-0.05, 0) is 47.2 Å². The summed E-state index contributed by atoms with van der Waals surface area (Å²) >= 11 is 0. The molecule has 1 aromatic carbocycles. The number of nitrogens with zero attached hydrogens (tertiary/aromatic N) is 1. The van der Waals surface area contributed by atoms with Crippen molar-refractivity contribution in [2.75, 3.05) is 0 Å². The Morgan fingerprint density at radius 3 is 2.45 bits per heavy atom. The molecule has 0 unspecified atom stereocenters. The molecule has 0 fully saturated rings. The smallest absolute Gasteiger partial charge is 0.305 e. The summed E-state index contributed by atoms with van der Waals surface area (Å²) < 4.78 is 1.38. The minimum absolute atomic E-state index is 0.134. The van der Waals surface area contributed by atoms with Crippen LogP contribution in [0.1, 0.15) is 44.3 Å². The summed E-state index contributed by atoms with van der Waals surface area (Å²) in [6.45, 7) is 3.91. The van der Waals surface area contributed by atoms with Crippen molar-refractivity contribution in [3.05, 3.63) is 93.3 Å². The molecule has 3 N–H and O–H groups in total. The molecule has 0 aliphatic carbocycles. The van der Waals surface area contributed by atoms with Crippen LogP contribution in [-0.4, -0.2) is 26.5 Å². The molecule has 2 heterocycles. The van der Waals surface area contributed by atoms with Gasteiger partial charge in [-0.1, -0.05) is 38.1 Å². The number of amides is 1. The first-order valence-electron chi connectivity index (χ1n) is 10.7. The third-order valence-electron chi connectivity index (χ3n) is 5.29. The fraction of sp³-hybridized carbons (Fsp3) is 0.280. The largest absolute Gasteiger partial charge is 0.481 e. The number of aliphatic carboxylic acids is 1. The van der Waals surface area contributed by atoms with Crippen LogP contribution in [0.2, 0.25) is 0 Å². The number of hydrogen-bond donors (Lipinski definition) is 3. The average Bonchev–Trinajstić information content (AvgIpc) is 2.77. The lowest BCUT2D eigenvalue weighted by molar-refractivity contribution is -0.138. The van der Waals surface area contributed by atoms with E-state index in [0.29, 0.717) is 12.0 Å². The van der Waals surface area contributed by atoms with Crippen molar-refractivity contribution in [3.63, 3.8) is 0 Å². The van der Waals surface area contributed by atoms with Crippen LogP contribution in [-0.2, 0) is 9.59 Å². The first kappa shape index (κ1) is 23.7. The second-order valence-corrected chi connectivity index (χ2v) is 8.32. The Bertz CT molecular complexity index is 1220. The highest BCUT2D eigenvalue weighted by molar-refractivity contribution is 5.81. The maximum Gasteiger partial charge on any atom is 0.305 e. The third kappa shape index (κ3) is 6.29. The molecule has 0 aliphatic rings.